The van der Waals surface area contributed by atoms with Crippen LogP contribution >= 0.6 is 0 Å². The van der Waals surface area contributed by atoms with Gasteiger partial charge in [0.2, 0.25) is 0 Å². The van der Waals surface area contributed by atoms with Gasteiger partial charge in [-0.2, -0.15) is 0 Å². The summed E-state index contributed by atoms with van der Waals surface area (Å²) in [5.74, 6) is 2.29. The molecule has 3 aliphatic rings. The van der Waals surface area contributed by atoms with Crippen molar-refractivity contribution in [3.05, 3.63) is 103 Å². The maximum Gasteiger partial charge on any atom is 0.140 e. The molecule has 5 aromatic rings. The van der Waals surface area contributed by atoms with Gasteiger partial charge in [-0.1, -0.05) is 54.6 Å². The molecule has 3 aliphatic heterocycles. The van der Waals surface area contributed by atoms with Crippen molar-refractivity contribution in [1.82, 2.24) is 9.88 Å². The van der Waals surface area contributed by atoms with E-state index < -0.39 is 0 Å². The Morgan fingerprint density at radius 1 is 0.946 bits per heavy atom. The highest BCUT2D eigenvalue weighted by Gasteiger charge is 2.44. The van der Waals surface area contributed by atoms with E-state index in [4.69, 9.17) is 4.74 Å². The van der Waals surface area contributed by atoms with E-state index in [9.17, 15) is 5.11 Å². The maximum absolute atomic E-state index is 10.4. The molecule has 8 rings (SSSR count). The predicted octanol–water partition coefficient (Wildman–Crippen LogP) is 7.26. The van der Waals surface area contributed by atoms with Gasteiger partial charge in [0, 0.05) is 29.1 Å². The van der Waals surface area contributed by atoms with E-state index in [1.807, 2.05) is 18.3 Å². The van der Waals surface area contributed by atoms with Gasteiger partial charge in [0.15, 0.2) is 0 Å². The Balaban J connectivity index is 1.41. The molecule has 3 fully saturated rings. The maximum atomic E-state index is 10.4. The molecule has 2 bridgehead atoms. The molecule has 184 valence electrons. The number of fused-ring (bicyclic) bond motifs is 7. The third kappa shape index (κ3) is 3.75. The Bertz CT molecular complexity index is 1640. The van der Waals surface area contributed by atoms with Crippen LogP contribution in [0.4, 0.5) is 0 Å². The van der Waals surface area contributed by atoms with Gasteiger partial charge < -0.3 is 9.84 Å². The number of aromatic nitrogens is 1. The molecule has 4 heteroatoms. The predicted molar refractivity (Wildman–Crippen MR) is 150 cm³/mol. The Kier molecular flexibility index (Phi) is 5.37. The number of hydrogen-bond acceptors (Lipinski definition) is 4. The van der Waals surface area contributed by atoms with Crippen LogP contribution in [0, 0.1) is 11.8 Å². The molecule has 0 saturated carbocycles. The number of rotatable bonds is 5. The molecule has 3 saturated heterocycles. The van der Waals surface area contributed by atoms with Crippen molar-refractivity contribution in [3.8, 4) is 11.5 Å². The Hall–Kier alpha value is -3.89. The van der Waals surface area contributed by atoms with Gasteiger partial charge >= 0.3 is 0 Å². The summed E-state index contributed by atoms with van der Waals surface area (Å²) in [5, 5.41) is 16.0. The first-order valence-corrected chi connectivity index (χ1v) is 13.2. The van der Waals surface area contributed by atoms with E-state index in [0.29, 0.717) is 11.8 Å². The van der Waals surface area contributed by atoms with E-state index in [2.05, 4.69) is 83.2 Å². The van der Waals surface area contributed by atoms with Crippen LogP contribution in [-0.2, 0) is 0 Å². The zero-order valence-electron chi connectivity index (χ0n) is 20.8. The van der Waals surface area contributed by atoms with Crippen molar-refractivity contribution in [2.24, 2.45) is 11.8 Å². The number of benzene rings is 4. The first kappa shape index (κ1) is 22.3. The molecule has 1 N–H and O–H groups in total. The summed E-state index contributed by atoms with van der Waals surface area (Å²) in [7, 11) is 0. The van der Waals surface area contributed by atoms with Crippen LogP contribution in [0.5, 0.6) is 11.5 Å². The van der Waals surface area contributed by atoms with E-state index >= 15 is 0 Å². The summed E-state index contributed by atoms with van der Waals surface area (Å²) in [6, 6.07) is 26.9. The molecule has 5 atom stereocenters. The summed E-state index contributed by atoms with van der Waals surface area (Å²) in [6.45, 7) is 6.21. The molecule has 0 aliphatic carbocycles. The Labute approximate surface area is 216 Å². The van der Waals surface area contributed by atoms with E-state index in [0.717, 1.165) is 47.1 Å². The summed E-state index contributed by atoms with van der Waals surface area (Å²) < 4.78 is 7.15. The molecule has 0 spiro atoms. The standard InChI is InChI=1S/C33H30N2O2/c1-2-21-20-35-16-14-22(21)17-31(35)33(28-13-15-34-30-12-11-24(36)19-29(28)30)37-32-18-23-7-3-4-8-25(23)26-9-5-6-10-27(26)32/h2-13,15,18-19,21-22,31,33,36H,1,14,16-17,20H2/t21?,22?,31?,33-/m1/s1. The van der Waals surface area contributed by atoms with Gasteiger partial charge in [-0.25, -0.2) is 0 Å². The van der Waals surface area contributed by atoms with Gasteiger partial charge in [-0.3, -0.25) is 9.88 Å². The zero-order chi connectivity index (χ0) is 24.9. The highest BCUT2D eigenvalue weighted by Crippen LogP contribution is 2.45. The molecule has 37 heavy (non-hydrogen) atoms. The summed E-state index contributed by atoms with van der Waals surface area (Å²) in [5.41, 5.74) is 1.94. The third-order valence-corrected chi connectivity index (χ3v) is 8.55. The second kappa shape index (κ2) is 8.89. The second-order valence-electron chi connectivity index (χ2n) is 10.5. The number of phenols is 1. The lowest BCUT2D eigenvalue weighted by Crippen LogP contribution is -2.55. The molecule has 0 amide bonds. The Morgan fingerprint density at radius 3 is 2.57 bits per heavy atom. The highest BCUT2D eigenvalue weighted by molar-refractivity contribution is 6.10. The number of piperidine rings is 3. The van der Waals surface area contributed by atoms with E-state index in [1.54, 1.807) is 6.07 Å². The van der Waals surface area contributed by atoms with Crippen molar-refractivity contribution in [3.63, 3.8) is 0 Å². The number of hydrogen-bond donors (Lipinski definition) is 1. The molecule has 0 radical (unpaired) electrons. The van der Waals surface area contributed by atoms with Crippen molar-refractivity contribution in [1.29, 1.82) is 0 Å². The molecule has 4 heterocycles. The smallest absolute Gasteiger partial charge is 0.140 e. The number of nitrogens with zero attached hydrogens (tertiary/aromatic N) is 2. The lowest BCUT2D eigenvalue weighted by atomic mass is 9.73. The average Bonchev–Trinajstić information content (AvgIpc) is 2.96. The first-order chi connectivity index (χ1) is 18.2. The fourth-order valence-corrected chi connectivity index (χ4v) is 6.70. The minimum atomic E-state index is -0.203. The molecule has 4 nitrogen and oxygen atoms in total. The zero-order valence-corrected chi connectivity index (χ0v) is 20.8. The first-order valence-electron chi connectivity index (χ1n) is 13.2. The normalized spacial score (nSPS) is 23.9. The van der Waals surface area contributed by atoms with Crippen LogP contribution in [0.25, 0.3) is 32.4 Å². The van der Waals surface area contributed by atoms with Crippen molar-refractivity contribution >= 4 is 32.4 Å². The minimum absolute atomic E-state index is 0.203. The fourth-order valence-electron chi connectivity index (χ4n) is 6.70. The van der Waals surface area contributed by atoms with Crippen molar-refractivity contribution in [2.45, 2.75) is 25.0 Å². The molecule has 4 aromatic carbocycles. The SMILES string of the molecule is C=CC1CN2CCC1CC2[C@H](Oc1cc2ccccc2c2ccccc12)c1ccnc2ccc(O)cc12. The van der Waals surface area contributed by atoms with E-state index in [-0.39, 0.29) is 17.9 Å². The quantitative estimate of drug-likeness (QED) is 0.210. The van der Waals surface area contributed by atoms with Crippen LogP contribution in [0.15, 0.2) is 97.7 Å². The van der Waals surface area contributed by atoms with Gasteiger partial charge in [-0.05, 0) is 77.7 Å². The van der Waals surface area contributed by atoms with Crippen LogP contribution in [0.2, 0.25) is 0 Å². The second-order valence-corrected chi connectivity index (χ2v) is 10.5. The number of phenolic OH excluding ortho intramolecular Hbond substituents is 1. The molecular formula is C33H30N2O2. The van der Waals surface area contributed by atoms with Crippen molar-refractivity contribution in [2.75, 3.05) is 13.1 Å². The largest absolute Gasteiger partial charge is 0.508 e. The van der Waals surface area contributed by atoms with Gasteiger partial charge in [0.25, 0.3) is 0 Å². The van der Waals surface area contributed by atoms with E-state index in [1.165, 1.54) is 22.6 Å². The monoisotopic (exact) mass is 486 g/mol. The molecule has 1 aromatic heterocycles. The van der Waals surface area contributed by atoms with Gasteiger partial charge in [0.05, 0.1) is 11.6 Å². The van der Waals surface area contributed by atoms with Gasteiger partial charge in [0.1, 0.15) is 17.6 Å². The Morgan fingerprint density at radius 2 is 1.76 bits per heavy atom. The topological polar surface area (TPSA) is 45.6 Å². The highest BCUT2D eigenvalue weighted by atomic mass is 16.5. The number of pyridine rings is 1. The summed E-state index contributed by atoms with van der Waals surface area (Å²) >= 11 is 0. The number of aromatic hydroxyl groups is 1. The lowest BCUT2D eigenvalue weighted by molar-refractivity contribution is -0.0352. The number of ether oxygens (including phenoxy) is 1. The van der Waals surface area contributed by atoms with Gasteiger partial charge in [-0.15, -0.1) is 6.58 Å². The summed E-state index contributed by atoms with van der Waals surface area (Å²) in [4.78, 5) is 7.18. The van der Waals surface area contributed by atoms with Crippen molar-refractivity contribution < 1.29 is 9.84 Å². The lowest BCUT2D eigenvalue weighted by Gasteiger charge is -2.51. The van der Waals surface area contributed by atoms with Crippen LogP contribution in [0.3, 0.4) is 0 Å². The van der Waals surface area contributed by atoms with Crippen LogP contribution in [-0.4, -0.2) is 34.1 Å². The molecule has 4 unspecified atom stereocenters. The molecular weight excluding hydrogens is 456 g/mol. The van der Waals surface area contributed by atoms with Crippen LogP contribution in [0.1, 0.15) is 24.5 Å². The third-order valence-electron chi connectivity index (χ3n) is 8.55. The fraction of sp³-hybridized carbons (Fsp3) is 0.242. The average molecular weight is 487 g/mol. The minimum Gasteiger partial charge on any atom is -0.508 e. The van der Waals surface area contributed by atoms with Crippen LogP contribution < -0.4 is 4.74 Å². The summed E-state index contributed by atoms with van der Waals surface area (Å²) in [6.07, 6.45) is 6.07.